The molecule has 1 N–H and O–H groups in total. The number of aryl methyl sites for hydroxylation is 1. The van der Waals surface area contributed by atoms with Gasteiger partial charge >= 0.3 is 0 Å². The molecule has 0 aliphatic carbocycles. The third-order valence-corrected chi connectivity index (χ3v) is 5.07. The zero-order valence-electron chi connectivity index (χ0n) is 14.7. The van der Waals surface area contributed by atoms with Crippen LogP contribution in [0.4, 0.5) is 5.69 Å². The Morgan fingerprint density at radius 1 is 1.33 bits per heavy atom. The standard InChI is InChI=1S/C20H18ClN3O3/c1-12-23-17-9-15(6-7-18(17)27-12)24-11-14(8-19(24)25)20(26)22-10-13-4-2-3-5-16(13)21/h2-7,9,14H,8,10-11H2,1H3,(H,22,26)/t14-/m0/s1. The first-order valence-electron chi connectivity index (χ1n) is 8.70. The van der Waals surface area contributed by atoms with Gasteiger partial charge in [0.05, 0.1) is 5.92 Å². The molecule has 0 saturated carbocycles. The zero-order valence-corrected chi connectivity index (χ0v) is 15.5. The van der Waals surface area contributed by atoms with Gasteiger partial charge in [0.25, 0.3) is 0 Å². The number of carbonyl (C=O) groups excluding carboxylic acids is 2. The molecule has 2 amide bonds. The van der Waals surface area contributed by atoms with E-state index in [-0.39, 0.29) is 18.2 Å². The maximum Gasteiger partial charge on any atom is 0.227 e. The van der Waals surface area contributed by atoms with Gasteiger partial charge in [-0.2, -0.15) is 0 Å². The number of oxazole rings is 1. The van der Waals surface area contributed by atoms with Crippen LogP contribution in [-0.4, -0.2) is 23.3 Å². The van der Waals surface area contributed by atoms with E-state index in [0.717, 1.165) is 11.3 Å². The highest BCUT2D eigenvalue weighted by molar-refractivity contribution is 6.31. The van der Waals surface area contributed by atoms with Crippen LogP contribution in [0.2, 0.25) is 5.02 Å². The third-order valence-electron chi connectivity index (χ3n) is 4.70. The molecule has 0 radical (unpaired) electrons. The summed E-state index contributed by atoms with van der Waals surface area (Å²) in [5.74, 6) is -0.0435. The lowest BCUT2D eigenvalue weighted by molar-refractivity contribution is -0.126. The van der Waals surface area contributed by atoms with Crippen molar-refractivity contribution in [2.24, 2.45) is 5.92 Å². The fourth-order valence-corrected chi connectivity index (χ4v) is 3.50. The smallest absolute Gasteiger partial charge is 0.227 e. The van der Waals surface area contributed by atoms with Crippen LogP contribution in [0.1, 0.15) is 17.9 Å². The number of nitrogens with zero attached hydrogens (tertiary/aromatic N) is 2. The van der Waals surface area contributed by atoms with Crippen molar-refractivity contribution < 1.29 is 14.0 Å². The molecule has 1 aliphatic heterocycles. The number of halogens is 1. The SMILES string of the molecule is Cc1nc2cc(N3C[C@@H](C(=O)NCc4ccccc4Cl)CC3=O)ccc2o1. The zero-order chi connectivity index (χ0) is 19.0. The molecule has 0 bridgehead atoms. The summed E-state index contributed by atoms with van der Waals surface area (Å²) in [7, 11) is 0. The van der Waals surface area contributed by atoms with Crippen LogP contribution in [-0.2, 0) is 16.1 Å². The average Bonchev–Trinajstić information content (AvgIpc) is 3.21. The van der Waals surface area contributed by atoms with Crippen molar-refractivity contribution in [2.45, 2.75) is 19.9 Å². The van der Waals surface area contributed by atoms with Crippen LogP contribution in [0.15, 0.2) is 46.9 Å². The van der Waals surface area contributed by atoms with Gasteiger partial charge < -0.3 is 14.6 Å². The number of amides is 2. The Morgan fingerprint density at radius 3 is 2.96 bits per heavy atom. The largest absolute Gasteiger partial charge is 0.441 e. The number of benzene rings is 2. The molecule has 3 aromatic rings. The van der Waals surface area contributed by atoms with E-state index in [1.54, 1.807) is 24.0 Å². The number of aromatic nitrogens is 1. The molecule has 1 aromatic heterocycles. The van der Waals surface area contributed by atoms with E-state index in [9.17, 15) is 9.59 Å². The van der Waals surface area contributed by atoms with Gasteiger partial charge in [0.2, 0.25) is 11.8 Å². The first-order chi connectivity index (χ1) is 13.0. The van der Waals surface area contributed by atoms with E-state index in [2.05, 4.69) is 10.3 Å². The quantitative estimate of drug-likeness (QED) is 0.748. The summed E-state index contributed by atoms with van der Waals surface area (Å²) in [6.45, 7) is 2.46. The van der Waals surface area contributed by atoms with Gasteiger partial charge in [-0.1, -0.05) is 29.8 Å². The van der Waals surface area contributed by atoms with Crippen LogP contribution in [0.5, 0.6) is 0 Å². The minimum atomic E-state index is -0.394. The highest BCUT2D eigenvalue weighted by Crippen LogP contribution is 2.28. The summed E-state index contributed by atoms with van der Waals surface area (Å²) in [5.41, 5.74) is 2.95. The summed E-state index contributed by atoms with van der Waals surface area (Å²) in [4.78, 5) is 30.9. The molecule has 7 heteroatoms. The fourth-order valence-electron chi connectivity index (χ4n) is 3.30. The van der Waals surface area contributed by atoms with E-state index >= 15 is 0 Å². The number of rotatable bonds is 4. The molecule has 1 aliphatic rings. The first-order valence-corrected chi connectivity index (χ1v) is 9.08. The number of anilines is 1. The molecule has 1 fully saturated rings. The normalized spacial score (nSPS) is 16.9. The van der Waals surface area contributed by atoms with E-state index < -0.39 is 5.92 Å². The van der Waals surface area contributed by atoms with Crippen molar-refractivity contribution in [3.63, 3.8) is 0 Å². The Labute approximate surface area is 161 Å². The van der Waals surface area contributed by atoms with Crippen LogP contribution in [0.25, 0.3) is 11.1 Å². The Kier molecular flexibility index (Phi) is 4.58. The van der Waals surface area contributed by atoms with Gasteiger partial charge in [0.15, 0.2) is 11.5 Å². The molecule has 27 heavy (non-hydrogen) atoms. The highest BCUT2D eigenvalue weighted by atomic mass is 35.5. The van der Waals surface area contributed by atoms with Crippen LogP contribution < -0.4 is 10.2 Å². The predicted molar refractivity (Wildman–Crippen MR) is 103 cm³/mol. The van der Waals surface area contributed by atoms with Gasteiger partial charge in [0, 0.05) is 37.1 Å². The monoisotopic (exact) mass is 383 g/mol. The van der Waals surface area contributed by atoms with Crippen LogP contribution in [0.3, 0.4) is 0 Å². The molecule has 1 atom stereocenters. The van der Waals surface area contributed by atoms with Gasteiger partial charge in [0.1, 0.15) is 5.52 Å². The summed E-state index contributed by atoms with van der Waals surface area (Å²) >= 11 is 6.12. The first kappa shape index (κ1) is 17.5. The van der Waals surface area contributed by atoms with Crippen molar-refractivity contribution in [3.8, 4) is 0 Å². The fraction of sp³-hybridized carbons (Fsp3) is 0.250. The topological polar surface area (TPSA) is 75.4 Å². The molecule has 2 aromatic carbocycles. The summed E-state index contributed by atoms with van der Waals surface area (Å²) in [5, 5.41) is 3.49. The minimum absolute atomic E-state index is 0.0764. The molecular weight excluding hydrogens is 366 g/mol. The van der Waals surface area contributed by atoms with Crippen molar-refractivity contribution in [1.29, 1.82) is 0 Å². The molecular formula is C20H18ClN3O3. The Bertz CT molecular complexity index is 1030. The number of nitrogens with one attached hydrogen (secondary N) is 1. The molecule has 0 spiro atoms. The van der Waals surface area contributed by atoms with E-state index in [1.807, 2.05) is 30.3 Å². The highest BCUT2D eigenvalue weighted by Gasteiger charge is 2.35. The Morgan fingerprint density at radius 2 is 2.15 bits per heavy atom. The van der Waals surface area contributed by atoms with Crippen molar-refractivity contribution in [1.82, 2.24) is 10.3 Å². The molecule has 4 rings (SSSR count). The maximum absolute atomic E-state index is 12.5. The predicted octanol–water partition coefficient (Wildman–Crippen LogP) is 3.46. The number of hydrogen-bond acceptors (Lipinski definition) is 4. The van der Waals surface area contributed by atoms with Gasteiger partial charge in [-0.25, -0.2) is 4.98 Å². The van der Waals surface area contributed by atoms with Gasteiger partial charge in [-0.05, 0) is 29.8 Å². The summed E-state index contributed by atoms with van der Waals surface area (Å²) in [6, 6.07) is 12.8. The van der Waals surface area contributed by atoms with Crippen molar-refractivity contribution >= 4 is 40.2 Å². The summed E-state index contributed by atoms with van der Waals surface area (Å²) in [6.07, 6.45) is 0.185. The van der Waals surface area contributed by atoms with Gasteiger partial charge in [-0.3, -0.25) is 9.59 Å². The number of fused-ring (bicyclic) bond motifs is 1. The second-order valence-corrected chi connectivity index (χ2v) is 7.01. The molecule has 1 saturated heterocycles. The third kappa shape index (κ3) is 3.53. The van der Waals surface area contributed by atoms with E-state index in [4.69, 9.17) is 16.0 Å². The Hall–Kier alpha value is -2.86. The number of carbonyl (C=O) groups is 2. The minimum Gasteiger partial charge on any atom is -0.441 e. The van der Waals surface area contributed by atoms with Gasteiger partial charge in [-0.15, -0.1) is 0 Å². The second-order valence-electron chi connectivity index (χ2n) is 6.60. The Balaban J connectivity index is 1.44. The lowest BCUT2D eigenvalue weighted by atomic mass is 10.1. The average molecular weight is 384 g/mol. The second kappa shape index (κ2) is 7.04. The maximum atomic E-state index is 12.5. The van der Waals surface area contributed by atoms with Crippen molar-refractivity contribution in [2.75, 3.05) is 11.4 Å². The summed E-state index contributed by atoms with van der Waals surface area (Å²) < 4.78 is 5.47. The molecule has 138 valence electrons. The number of hydrogen-bond donors (Lipinski definition) is 1. The lowest BCUT2D eigenvalue weighted by Crippen LogP contribution is -2.32. The lowest BCUT2D eigenvalue weighted by Gasteiger charge is -2.16. The van der Waals surface area contributed by atoms with Crippen LogP contribution >= 0.6 is 11.6 Å². The van der Waals surface area contributed by atoms with E-state index in [1.165, 1.54) is 0 Å². The molecule has 6 nitrogen and oxygen atoms in total. The molecule has 2 heterocycles. The molecule has 0 unspecified atom stereocenters. The van der Waals surface area contributed by atoms with E-state index in [0.29, 0.717) is 35.1 Å². The van der Waals surface area contributed by atoms with Crippen LogP contribution in [0, 0.1) is 12.8 Å². The van der Waals surface area contributed by atoms with Crippen molar-refractivity contribution in [3.05, 3.63) is 58.9 Å².